The molecule has 2 saturated carbocycles. The lowest BCUT2D eigenvalue weighted by atomic mass is 9.65. The van der Waals surface area contributed by atoms with Crippen molar-refractivity contribution in [3.8, 4) is 0 Å². The number of hydrogen-bond acceptors (Lipinski definition) is 2. The number of rotatable bonds is 1. The summed E-state index contributed by atoms with van der Waals surface area (Å²) in [5.74, 6) is 0.608. The molecule has 0 saturated heterocycles. The second-order valence-corrected chi connectivity index (χ2v) is 5.43. The third-order valence-electron chi connectivity index (χ3n) is 4.97. The van der Waals surface area contributed by atoms with Gasteiger partial charge in [-0.15, -0.1) is 0 Å². The average Bonchev–Trinajstić information content (AvgIpc) is 2.35. The zero-order chi connectivity index (χ0) is 9.85. The Hall–Kier alpha value is -0.0800. The maximum absolute atomic E-state index is 10.0. The molecule has 13 heavy (non-hydrogen) atoms. The molecule has 0 amide bonds. The van der Waals surface area contributed by atoms with Gasteiger partial charge < -0.3 is 10.2 Å². The van der Waals surface area contributed by atoms with Crippen molar-refractivity contribution >= 4 is 0 Å². The highest BCUT2D eigenvalue weighted by Crippen LogP contribution is 2.66. The highest BCUT2D eigenvalue weighted by molar-refractivity contribution is 5.14. The lowest BCUT2D eigenvalue weighted by molar-refractivity contribution is -0.0894. The van der Waals surface area contributed by atoms with Crippen LogP contribution in [-0.4, -0.2) is 22.4 Å². The maximum atomic E-state index is 10.0. The molecular formula is C11H20O2. The second-order valence-electron chi connectivity index (χ2n) is 5.43. The third kappa shape index (κ3) is 0.861. The molecule has 0 spiro atoms. The van der Waals surface area contributed by atoms with E-state index in [0.29, 0.717) is 5.92 Å². The fraction of sp³-hybridized carbons (Fsp3) is 1.00. The van der Waals surface area contributed by atoms with Crippen LogP contribution in [0.3, 0.4) is 0 Å². The SMILES string of the molecule is CC(O)C12CCC(CC1O)C2(C)C. The van der Waals surface area contributed by atoms with Crippen LogP contribution in [0.2, 0.25) is 0 Å². The first kappa shape index (κ1) is 9.47. The molecule has 2 bridgehead atoms. The van der Waals surface area contributed by atoms with Crippen LogP contribution in [0.25, 0.3) is 0 Å². The summed E-state index contributed by atoms with van der Waals surface area (Å²) in [5, 5.41) is 19.9. The van der Waals surface area contributed by atoms with E-state index >= 15 is 0 Å². The molecule has 2 rings (SSSR count). The summed E-state index contributed by atoms with van der Waals surface area (Å²) < 4.78 is 0. The van der Waals surface area contributed by atoms with Gasteiger partial charge >= 0.3 is 0 Å². The molecule has 2 N–H and O–H groups in total. The van der Waals surface area contributed by atoms with E-state index in [0.717, 1.165) is 12.8 Å². The van der Waals surface area contributed by atoms with Gasteiger partial charge in [-0.25, -0.2) is 0 Å². The summed E-state index contributed by atoms with van der Waals surface area (Å²) in [6, 6.07) is 0. The maximum Gasteiger partial charge on any atom is 0.0629 e. The minimum atomic E-state index is -0.384. The van der Waals surface area contributed by atoms with Gasteiger partial charge in [0.15, 0.2) is 0 Å². The van der Waals surface area contributed by atoms with Crippen molar-refractivity contribution < 1.29 is 10.2 Å². The van der Waals surface area contributed by atoms with E-state index in [1.54, 1.807) is 0 Å². The van der Waals surface area contributed by atoms with Gasteiger partial charge in [0, 0.05) is 5.41 Å². The van der Waals surface area contributed by atoms with Gasteiger partial charge in [-0.1, -0.05) is 13.8 Å². The van der Waals surface area contributed by atoms with E-state index in [1.165, 1.54) is 6.42 Å². The molecule has 0 radical (unpaired) electrons. The van der Waals surface area contributed by atoms with Crippen LogP contribution in [-0.2, 0) is 0 Å². The Morgan fingerprint density at radius 2 is 2.00 bits per heavy atom. The summed E-state index contributed by atoms with van der Waals surface area (Å²) in [6.07, 6.45) is 2.38. The highest BCUT2D eigenvalue weighted by Gasteiger charge is 2.65. The first-order valence-electron chi connectivity index (χ1n) is 5.29. The minimum absolute atomic E-state index is 0.112. The molecule has 0 aromatic rings. The Kier molecular flexibility index (Phi) is 1.81. The largest absolute Gasteiger partial charge is 0.393 e. The molecule has 2 aliphatic rings. The standard InChI is InChI=1S/C11H20O2/c1-7(12)11-5-4-8(6-9(11)13)10(11,2)3/h7-9,12-13H,4-6H2,1-3H3. The molecule has 4 atom stereocenters. The predicted octanol–water partition coefficient (Wildman–Crippen LogP) is 1.55. The Labute approximate surface area is 80.0 Å². The monoisotopic (exact) mass is 184 g/mol. The van der Waals surface area contributed by atoms with E-state index in [2.05, 4.69) is 13.8 Å². The van der Waals surface area contributed by atoms with E-state index in [1.807, 2.05) is 6.92 Å². The molecule has 76 valence electrons. The molecule has 2 fully saturated rings. The Balaban J connectivity index is 2.43. The van der Waals surface area contributed by atoms with Crippen LogP contribution in [0, 0.1) is 16.7 Å². The zero-order valence-corrected chi connectivity index (χ0v) is 8.75. The van der Waals surface area contributed by atoms with Crippen LogP contribution >= 0.6 is 0 Å². The summed E-state index contributed by atoms with van der Waals surface area (Å²) >= 11 is 0. The number of aliphatic hydroxyl groups is 2. The topological polar surface area (TPSA) is 40.5 Å². The predicted molar refractivity (Wildman–Crippen MR) is 51.2 cm³/mol. The number of fused-ring (bicyclic) bond motifs is 2. The van der Waals surface area contributed by atoms with E-state index < -0.39 is 0 Å². The number of aliphatic hydroxyl groups excluding tert-OH is 2. The minimum Gasteiger partial charge on any atom is -0.393 e. The molecule has 4 unspecified atom stereocenters. The molecule has 0 aliphatic heterocycles. The van der Waals surface area contributed by atoms with Crippen LogP contribution in [0.5, 0.6) is 0 Å². The van der Waals surface area contributed by atoms with Gasteiger partial charge in [-0.2, -0.15) is 0 Å². The molecule has 0 aromatic heterocycles. The van der Waals surface area contributed by atoms with Crippen molar-refractivity contribution in [2.24, 2.45) is 16.7 Å². The Morgan fingerprint density at radius 1 is 1.38 bits per heavy atom. The van der Waals surface area contributed by atoms with Crippen molar-refractivity contribution in [3.05, 3.63) is 0 Å². The molecule has 0 aromatic carbocycles. The normalized spacial score (nSPS) is 49.6. The number of hydrogen-bond donors (Lipinski definition) is 2. The fourth-order valence-corrected chi connectivity index (χ4v) is 3.99. The first-order chi connectivity index (χ1) is 5.93. The average molecular weight is 184 g/mol. The zero-order valence-electron chi connectivity index (χ0n) is 8.75. The smallest absolute Gasteiger partial charge is 0.0629 e. The summed E-state index contributed by atoms with van der Waals surface area (Å²) in [7, 11) is 0. The molecule has 0 heterocycles. The molecule has 2 nitrogen and oxygen atoms in total. The van der Waals surface area contributed by atoms with Gasteiger partial charge in [-0.3, -0.25) is 0 Å². The summed E-state index contributed by atoms with van der Waals surface area (Å²) in [4.78, 5) is 0. The van der Waals surface area contributed by atoms with Crippen molar-refractivity contribution in [1.82, 2.24) is 0 Å². The Bertz CT molecular complexity index is 222. The van der Waals surface area contributed by atoms with Crippen LogP contribution in [0.4, 0.5) is 0 Å². The second kappa shape index (κ2) is 2.48. The van der Waals surface area contributed by atoms with Crippen LogP contribution in [0.1, 0.15) is 40.0 Å². The van der Waals surface area contributed by atoms with Crippen molar-refractivity contribution in [1.29, 1.82) is 0 Å². The molecule has 2 aliphatic carbocycles. The van der Waals surface area contributed by atoms with Crippen LogP contribution < -0.4 is 0 Å². The first-order valence-corrected chi connectivity index (χ1v) is 5.29. The van der Waals surface area contributed by atoms with Gasteiger partial charge in [0.05, 0.1) is 12.2 Å². The molecular weight excluding hydrogens is 164 g/mol. The third-order valence-corrected chi connectivity index (χ3v) is 4.97. The lowest BCUT2D eigenvalue weighted by Crippen LogP contribution is -2.47. The van der Waals surface area contributed by atoms with E-state index in [9.17, 15) is 10.2 Å². The molecule has 2 heteroatoms. The van der Waals surface area contributed by atoms with Crippen molar-refractivity contribution in [2.75, 3.05) is 0 Å². The lowest BCUT2D eigenvalue weighted by Gasteiger charge is -2.43. The summed E-state index contributed by atoms with van der Waals surface area (Å²) in [6.45, 7) is 6.24. The summed E-state index contributed by atoms with van der Waals surface area (Å²) in [5.41, 5.74) is -0.113. The van der Waals surface area contributed by atoms with Gasteiger partial charge in [0.25, 0.3) is 0 Å². The van der Waals surface area contributed by atoms with E-state index in [-0.39, 0.29) is 23.0 Å². The van der Waals surface area contributed by atoms with Crippen LogP contribution in [0.15, 0.2) is 0 Å². The van der Waals surface area contributed by atoms with Crippen molar-refractivity contribution in [3.63, 3.8) is 0 Å². The van der Waals surface area contributed by atoms with Gasteiger partial charge in [0.2, 0.25) is 0 Å². The fourth-order valence-electron chi connectivity index (χ4n) is 3.99. The van der Waals surface area contributed by atoms with Gasteiger partial charge in [-0.05, 0) is 37.5 Å². The van der Waals surface area contributed by atoms with Gasteiger partial charge in [0.1, 0.15) is 0 Å². The Morgan fingerprint density at radius 3 is 2.23 bits per heavy atom. The van der Waals surface area contributed by atoms with E-state index in [4.69, 9.17) is 0 Å². The quantitative estimate of drug-likeness (QED) is 0.649. The highest BCUT2D eigenvalue weighted by atomic mass is 16.3. The van der Waals surface area contributed by atoms with Crippen molar-refractivity contribution in [2.45, 2.75) is 52.2 Å².